The van der Waals surface area contributed by atoms with Gasteiger partial charge in [0.15, 0.2) is 0 Å². The number of thiophene rings is 1. The minimum atomic E-state index is -3.93. The highest BCUT2D eigenvalue weighted by Crippen LogP contribution is 2.29. The van der Waals surface area contributed by atoms with Crippen molar-refractivity contribution in [3.63, 3.8) is 0 Å². The number of aliphatic hydroxyl groups is 1. The molecule has 8 nitrogen and oxygen atoms in total. The molecule has 2 aromatic heterocycles. The minimum Gasteiger partial charge on any atom is -0.466 e. The third kappa shape index (κ3) is 4.25. The van der Waals surface area contributed by atoms with Crippen LogP contribution in [0.15, 0.2) is 58.0 Å². The van der Waals surface area contributed by atoms with E-state index in [1.165, 1.54) is 29.7 Å². The largest absolute Gasteiger partial charge is 0.466 e. The van der Waals surface area contributed by atoms with Gasteiger partial charge in [0, 0.05) is 28.4 Å². The quantitative estimate of drug-likeness (QED) is 0.457. The van der Waals surface area contributed by atoms with E-state index in [1.54, 1.807) is 31.2 Å². The van der Waals surface area contributed by atoms with Gasteiger partial charge in [0.1, 0.15) is 11.9 Å². The molecule has 1 unspecified atom stereocenters. The number of aryl methyl sites for hydroxylation is 1. The molecule has 0 bridgehead atoms. The van der Waals surface area contributed by atoms with Crippen LogP contribution in [-0.2, 0) is 16.6 Å². The van der Waals surface area contributed by atoms with E-state index in [0.29, 0.717) is 21.1 Å². The van der Waals surface area contributed by atoms with Crippen molar-refractivity contribution < 1.29 is 22.9 Å². The Morgan fingerprint density at radius 1 is 1.30 bits per heavy atom. The number of nitrogens with one attached hydrogen (secondary N) is 1. The highest BCUT2D eigenvalue weighted by Gasteiger charge is 2.21. The zero-order chi connectivity index (χ0) is 19.6. The summed E-state index contributed by atoms with van der Waals surface area (Å²) in [5, 5.41) is 21.1. The number of furan rings is 1. The molecule has 0 spiro atoms. The molecule has 0 saturated carbocycles. The third-order valence-electron chi connectivity index (χ3n) is 3.87. The Bertz CT molecular complexity index is 1060. The number of nitro benzene ring substituents is 1. The molecule has 10 heteroatoms. The molecule has 27 heavy (non-hydrogen) atoms. The van der Waals surface area contributed by atoms with Crippen LogP contribution >= 0.6 is 11.3 Å². The van der Waals surface area contributed by atoms with Crippen molar-refractivity contribution in [3.05, 3.63) is 79.9 Å². The lowest BCUT2D eigenvalue weighted by Gasteiger charge is -2.08. The van der Waals surface area contributed by atoms with Crippen LogP contribution < -0.4 is 4.72 Å². The molecular formula is C17H16N2O6S2. The fourth-order valence-corrected chi connectivity index (χ4v) is 4.77. The van der Waals surface area contributed by atoms with Crippen LogP contribution in [0.1, 0.15) is 27.2 Å². The van der Waals surface area contributed by atoms with Gasteiger partial charge in [0.2, 0.25) is 10.0 Å². The molecule has 0 aliphatic carbocycles. The molecule has 1 aromatic carbocycles. The Morgan fingerprint density at radius 3 is 2.74 bits per heavy atom. The maximum Gasteiger partial charge on any atom is 0.270 e. The molecule has 0 fully saturated rings. The number of benzene rings is 1. The summed E-state index contributed by atoms with van der Waals surface area (Å²) in [7, 11) is -3.93. The second kappa shape index (κ2) is 7.61. The van der Waals surface area contributed by atoms with Gasteiger partial charge in [-0.2, -0.15) is 0 Å². The lowest BCUT2D eigenvalue weighted by Crippen LogP contribution is -2.23. The molecule has 3 aromatic rings. The summed E-state index contributed by atoms with van der Waals surface area (Å²) >= 11 is 1.24. The summed E-state index contributed by atoms with van der Waals surface area (Å²) in [6.07, 6.45) is 0.539. The van der Waals surface area contributed by atoms with E-state index in [4.69, 9.17) is 4.42 Å². The molecule has 0 amide bonds. The number of nitro groups is 1. The Hall–Kier alpha value is -2.53. The van der Waals surface area contributed by atoms with Gasteiger partial charge in [-0.05, 0) is 36.8 Å². The molecule has 1 atom stereocenters. The van der Waals surface area contributed by atoms with Gasteiger partial charge in [-0.15, -0.1) is 11.3 Å². The van der Waals surface area contributed by atoms with E-state index in [0.717, 1.165) is 6.07 Å². The summed E-state index contributed by atoms with van der Waals surface area (Å²) in [5.74, 6) is 0.399. The normalized spacial score (nSPS) is 12.8. The zero-order valence-corrected chi connectivity index (χ0v) is 15.8. The second-order valence-electron chi connectivity index (χ2n) is 5.75. The second-order valence-corrected chi connectivity index (χ2v) is 8.69. The Balaban J connectivity index is 1.75. The first-order chi connectivity index (χ1) is 12.8. The van der Waals surface area contributed by atoms with E-state index in [-0.39, 0.29) is 17.1 Å². The van der Waals surface area contributed by atoms with Crippen molar-refractivity contribution >= 4 is 27.0 Å². The number of sulfonamides is 1. The smallest absolute Gasteiger partial charge is 0.270 e. The highest BCUT2D eigenvalue weighted by molar-refractivity contribution is 7.89. The molecule has 2 heterocycles. The molecular weight excluding hydrogens is 392 g/mol. The van der Waals surface area contributed by atoms with E-state index in [9.17, 15) is 23.6 Å². The van der Waals surface area contributed by atoms with E-state index in [2.05, 4.69) is 4.72 Å². The lowest BCUT2D eigenvalue weighted by molar-refractivity contribution is -0.385. The van der Waals surface area contributed by atoms with Gasteiger partial charge in [-0.25, -0.2) is 13.1 Å². The van der Waals surface area contributed by atoms with Gasteiger partial charge in [-0.3, -0.25) is 10.1 Å². The number of nitrogens with zero attached hydrogens (tertiary/aromatic N) is 1. The number of hydrogen-bond acceptors (Lipinski definition) is 7. The number of rotatable bonds is 7. The predicted molar refractivity (Wildman–Crippen MR) is 98.9 cm³/mol. The topological polar surface area (TPSA) is 123 Å². The first kappa shape index (κ1) is 19.2. The molecule has 0 aliphatic rings. The molecule has 0 saturated heterocycles. The van der Waals surface area contributed by atoms with Gasteiger partial charge in [0.05, 0.1) is 16.1 Å². The third-order valence-corrected chi connectivity index (χ3v) is 6.55. The first-order valence-electron chi connectivity index (χ1n) is 7.83. The van der Waals surface area contributed by atoms with Crippen LogP contribution in [0.3, 0.4) is 0 Å². The zero-order valence-electron chi connectivity index (χ0n) is 14.2. The molecule has 0 radical (unpaired) electrons. The fraction of sp³-hybridized carbons (Fsp3) is 0.176. The summed E-state index contributed by atoms with van der Waals surface area (Å²) in [6.45, 7) is 1.57. The summed E-state index contributed by atoms with van der Waals surface area (Å²) < 4.78 is 32.7. The van der Waals surface area contributed by atoms with Crippen molar-refractivity contribution in [2.24, 2.45) is 0 Å². The molecule has 2 N–H and O–H groups in total. The van der Waals surface area contributed by atoms with Crippen molar-refractivity contribution in [1.82, 2.24) is 4.72 Å². The Morgan fingerprint density at radius 2 is 2.07 bits per heavy atom. The highest BCUT2D eigenvalue weighted by atomic mass is 32.2. The van der Waals surface area contributed by atoms with E-state index < -0.39 is 21.1 Å². The van der Waals surface area contributed by atoms with E-state index >= 15 is 0 Å². The summed E-state index contributed by atoms with van der Waals surface area (Å²) in [5.41, 5.74) is 0.120. The van der Waals surface area contributed by atoms with Crippen LogP contribution in [0.5, 0.6) is 0 Å². The minimum absolute atomic E-state index is 0.00000661. The standard InChI is InChI=1S/C17H16N2O6S2/c1-11-4-5-12(19(21)22)9-16(11)27(23,24)18-10-13-6-7-15(26-13)17(20)14-3-2-8-25-14/h2-9,17-18,20H,10H2,1H3. The van der Waals surface area contributed by atoms with Crippen molar-refractivity contribution in [2.75, 3.05) is 0 Å². The molecule has 142 valence electrons. The van der Waals surface area contributed by atoms with Crippen LogP contribution in [0.25, 0.3) is 0 Å². The number of non-ortho nitro benzene ring substituents is 1. The van der Waals surface area contributed by atoms with Crippen molar-refractivity contribution in [2.45, 2.75) is 24.5 Å². The first-order valence-corrected chi connectivity index (χ1v) is 10.1. The summed E-state index contributed by atoms with van der Waals surface area (Å²) in [4.78, 5) is 11.4. The maximum atomic E-state index is 12.5. The Kier molecular flexibility index (Phi) is 5.42. The maximum absolute atomic E-state index is 12.5. The molecule has 3 rings (SSSR count). The monoisotopic (exact) mass is 408 g/mol. The van der Waals surface area contributed by atoms with Crippen LogP contribution in [0, 0.1) is 17.0 Å². The summed E-state index contributed by atoms with van der Waals surface area (Å²) in [6, 6.07) is 10.4. The van der Waals surface area contributed by atoms with Gasteiger partial charge in [0.25, 0.3) is 5.69 Å². The number of aliphatic hydroxyl groups excluding tert-OH is 1. The predicted octanol–water partition coefficient (Wildman–Crippen LogP) is 3.12. The van der Waals surface area contributed by atoms with Crippen LogP contribution in [0.4, 0.5) is 5.69 Å². The molecule has 0 aliphatic heterocycles. The average Bonchev–Trinajstić information content (AvgIpc) is 3.31. The van der Waals surface area contributed by atoms with E-state index in [1.807, 2.05) is 0 Å². The lowest BCUT2D eigenvalue weighted by atomic mass is 10.2. The SMILES string of the molecule is Cc1ccc([N+](=O)[O-])cc1S(=O)(=O)NCc1ccc(C(O)c2ccco2)s1. The van der Waals surface area contributed by atoms with Crippen molar-refractivity contribution in [1.29, 1.82) is 0 Å². The van der Waals surface area contributed by atoms with Crippen LogP contribution in [-0.4, -0.2) is 18.4 Å². The van der Waals surface area contributed by atoms with Gasteiger partial charge in [-0.1, -0.05) is 6.07 Å². The van der Waals surface area contributed by atoms with Gasteiger partial charge >= 0.3 is 0 Å². The average molecular weight is 408 g/mol. The van der Waals surface area contributed by atoms with Gasteiger partial charge < -0.3 is 9.52 Å². The number of hydrogen-bond donors (Lipinski definition) is 2. The van der Waals surface area contributed by atoms with Crippen LogP contribution in [0.2, 0.25) is 0 Å². The Labute approximate surface area is 159 Å². The van der Waals surface area contributed by atoms with Crippen molar-refractivity contribution in [3.8, 4) is 0 Å². The fourth-order valence-electron chi connectivity index (χ4n) is 2.46.